The number of rotatable bonds is 5. The first-order valence-corrected chi connectivity index (χ1v) is 10.5. The molecule has 1 aromatic carbocycles. The summed E-state index contributed by atoms with van der Waals surface area (Å²) in [6.45, 7) is 0.658. The van der Waals surface area contributed by atoms with Gasteiger partial charge < -0.3 is 15.3 Å². The largest absolute Gasteiger partial charge is 0.371 e. The molecule has 2 aliphatic rings. The zero-order valence-corrected chi connectivity index (χ0v) is 17.7. The second-order valence-electron chi connectivity index (χ2n) is 8.45. The van der Waals surface area contributed by atoms with Crippen LogP contribution >= 0.6 is 0 Å². The van der Waals surface area contributed by atoms with Crippen LogP contribution in [0.25, 0.3) is 0 Å². The Morgan fingerprint density at radius 3 is 2.70 bits per heavy atom. The highest BCUT2D eigenvalue weighted by molar-refractivity contribution is 5.90. The van der Waals surface area contributed by atoms with E-state index in [1.165, 1.54) is 28.0 Å². The van der Waals surface area contributed by atoms with E-state index in [2.05, 4.69) is 20.5 Å². The van der Waals surface area contributed by atoms with Gasteiger partial charge in [0.15, 0.2) is 0 Å². The molecule has 174 valence electrons. The maximum atomic E-state index is 13.4. The number of carbonyl (C=O) groups excluding carboxylic acids is 1. The van der Waals surface area contributed by atoms with Crippen LogP contribution < -0.4 is 10.2 Å². The normalized spacial score (nSPS) is 23.7. The minimum absolute atomic E-state index is 0.0628. The molecule has 33 heavy (non-hydrogen) atoms. The fourth-order valence-electron chi connectivity index (χ4n) is 4.03. The van der Waals surface area contributed by atoms with Gasteiger partial charge in [0.05, 0.1) is 24.2 Å². The predicted molar refractivity (Wildman–Crippen MR) is 110 cm³/mol. The van der Waals surface area contributed by atoms with Crippen LogP contribution in [0.5, 0.6) is 0 Å². The molecule has 1 saturated carbocycles. The fraction of sp³-hybridized carbons (Fsp3) is 0.429. The van der Waals surface area contributed by atoms with Gasteiger partial charge in [-0.1, -0.05) is 12.1 Å². The van der Waals surface area contributed by atoms with Crippen LogP contribution in [-0.2, 0) is 13.1 Å². The monoisotopic (exact) mass is 461 g/mol. The number of amides is 1. The summed E-state index contributed by atoms with van der Waals surface area (Å²) < 4.78 is 42.9. The lowest BCUT2D eigenvalue weighted by Crippen LogP contribution is -2.50. The lowest BCUT2D eigenvalue weighted by molar-refractivity contribution is 0.0818. The van der Waals surface area contributed by atoms with Gasteiger partial charge in [0.1, 0.15) is 24.2 Å². The van der Waals surface area contributed by atoms with Crippen LogP contribution in [0.3, 0.4) is 0 Å². The Balaban J connectivity index is 1.24. The molecule has 1 unspecified atom stereocenters. The Morgan fingerprint density at radius 2 is 2.00 bits per heavy atom. The maximum Gasteiger partial charge on any atom is 0.291 e. The molecule has 2 N–H and O–H groups in total. The zero-order chi connectivity index (χ0) is 23.3. The van der Waals surface area contributed by atoms with Crippen LogP contribution in [-0.4, -0.2) is 60.8 Å². The molecule has 3 aromatic rings. The molecule has 3 atom stereocenters. The van der Waals surface area contributed by atoms with Gasteiger partial charge in [0, 0.05) is 26.1 Å². The van der Waals surface area contributed by atoms with E-state index in [0.29, 0.717) is 31.0 Å². The van der Waals surface area contributed by atoms with E-state index in [1.54, 1.807) is 29.9 Å². The number of aliphatic hydroxyl groups is 1. The smallest absolute Gasteiger partial charge is 0.291 e. The Hall–Kier alpha value is -3.41. The van der Waals surface area contributed by atoms with E-state index < -0.39 is 30.0 Å². The minimum Gasteiger partial charge on any atom is -0.371 e. The van der Waals surface area contributed by atoms with Crippen molar-refractivity contribution in [1.82, 2.24) is 29.9 Å². The maximum absolute atomic E-state index is 13.4. The van der Waals surface area contributed by atoms with Crippen LogP contribution in [0.2, 0.25) is 0 Å². The molecule has 1 aliphatic heterocycles. The third-order valence-electron chi connectivity index (χ3n) is 6.04. The Labute approximate surface area is 186 Å². The van der Waals surface area contributed by atoms with Crippen molar-refractivity contribution < 1.29 is 23.1 Å². The molecule has 3 heterocycles. The third-order valence-corrected chi connectivity index (χ3v) is 6.04. The molecule has 0 radical (unpaired) electrons. The van der Waals surface area contributed by atoms with E-state index >= 15 is 0 Å². The SMILES string of the molecule is CN1c2cc([C@@H]3CC3(F)F)nn2CC[C@H](NC(=O)c2ncn(Cc3ccc(F)cc3)n2)C1O. The van der Waals surface area contributed by atoms with Crippen molar-refractivity contribution in [2.24, 2.45) is 0 Å². The number of alkyl halides is 2. The number of carbonyl (C=O) groups is 1. The standard InChI is InChI=1S/C21H22F3N7O2/c1-29-17-8-16(14-9-21(14,23)24)27-31(17)7-6-15(20(29)33)26-19(32)18-25-11-30(28-18)10-12-2-4-13(22)5-3-12/h2-5,8,11,14-15,20,33H,6-7,9-10H2,1H3,(H,26,32)/t14-,15-,20?/m0/s1. The van der Waals surface area contributed by atoms with Gasteiger partial charge >= 0.3 is 0 Å². The second kappa shape index (κ2) is 7.87. The molecule has 0 saturated heterocycles. The molecule has 0 bridgehead atoms. The number of aromatic nitrogens is 5. The molecule has 1 fully saturated rings. The Bertz CT molecular complexity index is 1180. The summed E-state index contributed by atoms with van der Waals surface area (Å²) in [5, 5.41) is 22.0. The van der Waals surface area contributed by atoms with Crippen molar-refractivity contribution in [3.63, 3.8) is 0 Å². The van der Waals surface area contributed by atoms with Crippen molar-refractivity contribution in [2.45, 2.75) is 50.0 Å². The third kappa shape index (κ3) is 4.17. The zero-order valence-electron chi connectivity index (χ0n) is 17.7. The molecule has 5 rings (SSSR count). The van der Waals surface area contributed by atoms with Crippen molar-refractivity contribution in [3.8, 4) is 0 Å². The van der Waals surface area contributed by atoms with Gasteiger partial charge in [-0.25, -0.2) is 27.5 Å². The molecule has 0 spiro atoms. The van der Waals surface area contributed by atoms with Crippen molar-refractivity contribution >= 4 is 11.7 Å². The van der Waals surface area contributed by atoms with Gasteiger partial charge in [-0.15, -0.1) is 5.10 Å². The van der Waals surface area contributed by atoms with E-state index in [4.69, 9.17) is 0 Å². The number of nitrogens with zero attached hydrogens (tertiary/aromatic N) is 6. The van der Waals surface area contributed by atoms with E-state index in [-0.39, 0.29) is 18.1 Å². The molecule has 1 aliphatic carbocycles. The van der Waals surface area contributed by atoms with Gasteiger partial charge in [-0.05, 0) is 24.1 Å². The fourth-order valence-corrected chi connectivity index (χ4v) is 4.03. The molecular weight excluding hydrogens is 439 g/mol. The summed E-state index contributed by atoms with van der Waals surface area (Å²) >= 11 is 0. The average molecular weight is 461 g/mol. The second-order valence-corrected chi connectivity index (χ2v) is 8.45. The van der Waals surface area contributed by atoms with Gasteiger partial charge in [-0.2, -0.15) is 5.10 Å². The molecule has 12 heteroatoms. The first kappa shape index (κ1) is 21.4. The van der Waals surface area contributed by atoms with Crippen LogP contribution in [0, 0.1) is 5.82 Å². The van der Waals surface area contributed by atoms with E-state index in [1.807, 2.05) is 0 Å². The summed E-state index contributed by atoms with van der Waals surface area (Å²) in [7, 11) is 1.62. The number of fused-ring (bicyclic) bond motifs is 1. The molecule has 9 nitrogen and oxygen atoms in total. The number of halogens is 3. The van der Waals surface area contributed by atoms with Crippen molar-refractivity contribution in [1.29, 1.82) is 0 Å². The van der Waals surface area contributed by atoms with Crippen LogP contribution in [0.15, 0.2) is 36.7 Å². The molecule has 2 aromatic heterocycles. The van der Waals surface area contributed by atoms with Gasteiger partial charge in [-0.3, -0.25) is 4.79 Å². The topological polar surface area (TPSA) is 101 Å². The van der Waals surface area contributed by atoms with E-state index in [0.717, 1.165) is 5.56 Å². The Morgan fingerprint density at radius 1 is 1.27 bits per heavy atom. The van der Waals surface area contributed by atoms with E-state index in [9.17, 15) is 23.1 Å². The first-order valence-electron chi connectivity index (χ1n) is 10.5. The highest BCUT2D eigenvalue weighted by Crippen LogP contribution is 2.55. The summed E-state index contributed by atoms with van der Waals surface area (Å²) in [5.74, 6) is -4.04. The van der Waals surface area contributed by atoms with Gasteiger partial charge in [0.2, 0.25) is 5.82 Å². The quantitative estimate of drug-likeness (QED) is 0.601. The van der Waals surface area contributed by atoms with Crippen molar-refractivity contribution in [3.05, 3.63) is 59.6 Å². The Kier molecular flexibility index (Phi) is 5.11. The predicted octanol–water partition coefficient (Wildman–Crippen LogP) is 1.74. The highest BCUT2D eigenvalue weighted by Gasteiger charge is 2.59. The van der Waals surface area contributed by atoms with Gasteiger partial charge in [0.25, 0.3) is 11.8 Å². The number of aryl methyl sites for hydroxylation is 1. The number of hydrogen-bond acceptors (Lipinski definition) is 6. The summed E-state index contributed by atoms with van der Waals surface area (Å²) in [6.07, 6.45) is 0.428. The number of anilines is 1. The van der Waals surface area contributed by atoms with Crippen molar-refractivity contribution in [2.75, 3.05) is 11.9 Å². The van der Waals surface area contributed by atoms with Crippen LogP contribution in [0.4, 0.5) is 19.0 Å². The lowest BCUT2D eigenvalue weighted by atomic mass is 10.1. The average Bonchev–Trinajstić information content (AvgIpc) is 3.12. The highest BCUT2D eigenvalue weighted by atomic mass is 19.3. The number of benzene rings is 1. The minimum atomic E-state index is -2.72. The molecule has 1 amide bonds. The summed E-state index contributed by atoms with van der Waals surface area (Å²) in [5.41, 5.74) is 1.11. The number of likely N-dealkylation sites (N-methyl/N-ethyl adjacent to an activating group) is 1. The molecular formula is C21H22F3N7O2. The van der Waals surface area contributed by atoms with Crippen LogP contribution in [0.1, 0.15) is 40.6 Å². The summed E-state index contributed by atoms with van der Waals surface area (Å²) in [4.78, 5) is 18.2. The lowest BCUT2D eigenvalue weighted by Gasteiger charge is -2.28. The number of aliphatic hydroxyl groups excluding tert-OH is 1. The number of hydrogen-bond donors (Lipinski definition) is 2. The number of nitrogens with one attached hydrogen (secondary N) is 1. The first-order chi connectivity index (χ1) is 15.7. The summed E-state index contributed by atoms with van der Waals surface area (Å²) in [6, 6.07) is 6.83.